The molecule has 2 aliphatic heterocycles. The van der Waals surface area contributed by atoms with Gasteiger partial charge in [-0.15, -0.1) is 0 Å². The Morgan fingerprint density at radius 2 is 2.09 bits per heavy atom. The zero-order valence-electron chi connectivity index (χ0n) is 14.6. The van der Waals surface area contributed by atoms with Gasteiger partial charge in [-0.1, -0.05) is 0 Å². The second-order valence-corrected chi connectivity index (χ2v) is 6.87. The van der Waals surface area contributed by atoms with Crippen molar-refractivity contribution < 1.29 is 4.79 Å². The minimum Gasteiger partial charge on any atom is -0.373 e. The highest BCUT2D eigenvalue weighted by Gasteiger charge is 2.30. The van der Waals surface area contributed by atoms with Crippen molar-refractivity contribution in [3.8, 4) is 0 Å². The number of nitrogens with one attached hydrogen (secondary N) is 1. The molecule has 6 heteroatoms. The van der Waals surface area contributed by atoms with Gasteiger partial charge in [0.2, 0.25) is 5.91 Å². The second-order valence-electron chi connectivity index (χ2n) is 6.87. The van der Waals surface area contributed by atoms with E-state index < -0.39 is 0 Å². The lowest BCUT2D eigenvalue weighted by Crippen LogP contribution is -2.37. The van der Waals surface area contributed by atoms with Crippen LogP contribution in [-0.4, -0.2) is 58.4 Å². The van der Waals surface area contributed by atoms with Gasteiger partial charge in [-0.25, -0.2) is 9.97 Å². The number of anilines is 1. The number of nitrogens with zero attached hydrogens (tertiary/aromatic N) is 4. The topological polar surface area (TPSA) is 61.4 Å². The summed E-state index contributed by atoms with van der Waals surface area (Å²) in [5.41, 5.74) is 2.41. The van der Waals surface area contributed by atoms with Crippen molar-refractivity contribution in [1.29, 1.82) is 0 Å². The average molecular weight is 317 g/mol. The number of carbonyl (C=O) groups is 1. The number of amides is 1. The predicted octanol–water partition coefficient (Wildman–Crippen LogP) is 1.62. The Hall–Kier alpha value is -1.69. The van der Waals surface area contributed by atoms with Gasteiger partial charge in [0.25, 0.3) is 0 Å². The summed E-state index contributed by atoms with van der Waals surface area (Å²) in [4.78, 5) is 25.6. The van der Waals surface area contributed by atoms with Gasteiger partial charge in [0.05, 0.1) is 5.69 Å². The van der Waals surface area contributed by atoms with Crippen LogP contribution >= 0.6 is 0 Å². The van der Waals surface area contributed by atoms with Gasteiger partial charge >= 0.3 is 0 Å². The summed E-state index contributed by atoms with van der Waals surface area (Å²) in [6, 6.07) is 0.534. The lowest BCUT2D eigenvalue weighted by molar-refractivity contribution is -0.127. The third-order valence-corrected chi connectivity index (χ3v) is 5.07. The first-order valence-electron chi connectivity index (χ1n) is 8.56. The number of fused-ring (bicyclic) bond motifs is 1. The van der Waals surface area contributed by atoms with Gasteiger partial charge in [-0.05, 0) is 20.3 Å². The SMILES string of the molecule is CNc1nc([C@H]2CCN(C(C)=O)C2)nc2c1CN(C(C)C)CC2. The van der Waals surface area contributed by atoms with Gasteiger partial charge in [0.1, 0.15) is 11.6 Å². The minimum absolute atomic E-state index is 0.145. The van der Waals surface area contributed by atoms with E-state index in [4.69, 9.17) is 9.97 Å². The molecular weight excluding hydrogens is 290 g/mol. The Morgan fingerprint density at radius 1 is 1.30 bits per heavy atom. The monoisotopic (exact) mass is 317 g/mol. The normalized spacial score (nSPS) is 21.6. The van der Waals surface area contributed by atoms with Crippen LogP contribution in [0.4, 0.5) is 5.82 Å². The first kappa shape index (κ1) is 16.2. The fourth-order valence-electron chi connectivity index (χ4n) is 3.54. The number of aromatic nitrogens is 2. The molecule has 1 saturated heterocycles. The van der Waals surface area contributed by atoms with E-state index in [1.165, 1.54) is 11.3 Å². The number of likely N-dealkylation sites (tertiary alicyclic amines) is 1. The predicted molar refractivity (Wildman–Crippen MR) is 90.4 cm³/mol. The molecule has 0 bridgehead atoms. The van der Waals surface area contributed by atoms with Crippen LogP contribution in [0.2, 0.25) is 0 Å². The van der Waals surface area contributed by atoms with E-state index in [9.17, 15) is 4.79 Å². The fourth-order valence-corrected chi connectivity index (χ4v) is 3.54. The van der Waals surface area contributed by atoms with E-state index in [0.717, 1.165) is 50.7 Å². The van der Waals surface area contributed by atoms with E-state index in [2.05, 4.69) is 24.1 Å². The number of rotatable bonds is 3. The maximum atomic E-state index is 11.5. The second kappa shape index (κ2) is 6.43. The highest BCUT2D eigenvalue weighted by Crippen LogP contribution is 2.30. The molecule has 3 heterocycles. The van der Waals surface area contributed by atoms with Crippen LogP contribution in [0.25, 0.3) is 0 Å². The van der Waals surface area contributed by atoms with Gasteiger partial charge < -0.3 is 10.2 Å². The van der Waals surface area contributed by atoms with E-state index in [0.29, 0.717) is 6.04 Å². The minimum atomic E-state index is 0.145. The Kier molecular flexibility index (Phi) is 4.53. The van der Waals surface area contributed by atoms with Crippen LogP contribution in [0.1, 0.15) is 50.2 Å². The quantitative estimate of drug-likeness (QED) is 0.918. The molecule has 1 aromatic heterocycles. The van der Waals surface area contributed by atoms with Crippen molar-refractivity contribution in [2.75, 3.05) is 32.0 Å². The van der Waals surface area contributed by atoms with Gasteiger partial charge in [0.15, 0.2) is 0 Å². The van der Waals surface area contributed by atoms with Crippen molar-refractivity contribution in [2.45, 2.75) is 52.1 Å². The zero-order chi connectivity index (χ0) is 16.6. The van der Waals surface area contributed by atoms with E-state index >= 15 is 0 Å². The number of carbonyl (C=O) groups excluding carboxylic acids is 1. The Bertz CT molecular complexity index is 584. The van der Waals surface area contributed by atoms with Crippen molar-refractivity contribution in [3.05, 3.63) is 17.1 Å². The lowest BCUT2D eigenvalue weighted by atomic mass is 10.0. The Balaban J connectivity index is 1.86. The molecule has 0 unspecified atom stereocenters. The molecule has 23 heavy (non-hydrogen) atoms. The van der Waals surface area contributed by atoms with Gasteiger partial charge in [0, 0.05) is 64.1 Å². The summed E-state index contributed by atoms with van der Waals surface area (Å²) < 4.78 is 0. The molecule has 6 nitrogen and oxygen atoms in total. The largest absolute Gasteiger partial charge is 0.373 e. The first-order valence-corrected chi connectivity index (χ1v) is 8.56. The van der Waals surface area contributed by atoms with Crippen molar-refractivity contribution in [1.82, 2.24) is 19.8 Å². The Labute approximate surface area is 138 Å². The molecule has 1 amide bonds. The highest BCUT2D eigenvalue weighted by atomic mass is 16.2. The van der Waals surface area contributed by atoms with E-state index in [-0.39, 0.29) is 11.8 Å². The fraction of sp³-hybridized carbons (Fsp3) is 0.706. The van der Waals surface area contributed by atoms with Crippen LogP contribution in [-0.2, 0) is 17.8 Å². The maximum Gasteiger partial charge on any atom is 0.219 e. The summed E-state index contributed by atoms with van der Waals surface area (Å²) in [5.74, 6) is 2.26. The van der Waals surface area contributed by atoms with Crippen LogP contribution in [0.3, 0.4) is 0 Å². The molecule has 1 N–H and O–H groups in total. The summed E-state index contributed by atoms with van der Waals surface area (Å²) >= 11 is 0. The van der Waals surface area contributed by atoms with E-state index in [1.54, 1.807) is 6.92 Å². The van der Waals surface area contributed by atoms with Crippen molar-refractivity contribution >= 4 is 11.7 Å². The van der Waals surface area contributed by atoms with Crippen molar-refractivity contribution in [3.63, 3.8) is 0 Å². The average Bonchev–Trinajstić information content (AvgIpc) is 3.03. The molecule has 0 aromatic carbocycles. The molecule has 0 spiro atoms. The summed E-state index contributed by atoms with van der Waals surface area (Å²) in [7, 11) is 1.93. The molecule has 0 radical (unpaired) electrons. The molecule has 1 atom stereocenters. The number of hydrogen-bond donors (Lipinski definition) is 1. The summed E-state index contributed by atoms with van der Waals surface area (Å²) in [5, 5.41) is 3.25. The maximum absolute atomic E-state index is 11.5. The molecule has 2 aliphatic rings. The van der Waals surface area contributed by atoms with Crippen LogP contribution in [0.15, 0.2) is 0 Å². The molecule has 126 valence electrons. The molecule has 3 rings (SSSR count). The third-order valence-electron chi connectivity index (χ3n) is 5.07. The van der Waals surface area contributed by atoms with Crippen LogP contribution in [0, 0.1) is 0 Å². The molecule has 1 aromatic rings. The van der Waals surface area contributed by atoms with Gasteiger partial charge in [-0.2, -0.15) is 0 Å². The standard InChI is InChI=1S/C17H27N5O/c1-11(2)21-8-6-15-14(10-21)17(18-4)20-16(19-15)13-5-7-22(9-13)12(3)23/h11,13H,5-10H2,1-4H3,(H,18,19,20)/t13-/m0/s1. The third kappa shape index (κ3) is 3.17. The van der Waals surface area contributed by atoms with Crippen molar-refractivity contribution in [2.24, 2.45) is 0 Å². The highest BCUT2D eigenvalue weighted by molar-refractivity contribution is 5.73. The summed E-state index contributed by atoms with van der Waals surface area (Å²) in [6.45, 7) is 9.62. The molecule has 0 saturated carbocycles. The van der Waals surface area contributed by atoms with E-state index in [1.807, 2.05) is 11.9 Å². The lowest BCUT2D eigenvalue weighted by Gasteiger charge is -2.32. The van der Waals surface area contributed by atoms with Gasteiger partial charge in [-0.3, -0.25) is 9.69 Å². The molecule has 0 aliphatic carbocycles. The van der Waals surface area contributed by atoms with Crippen LogP contribution in [0.5, 0.6) is 0 Å². The summed E-state index contributed by atoms with van der Waals surface area (Å²) in [6.07, 6.45) is 1.93. The first-order chi connectivity index (χ1) is 11.0. The Morgan fingerprint density at radius 3 is 2.70 bits per heavy atom. The smallest absolute Gasteiger partial charge is 0.219 e. The zero-order valence-corrected chi connectivity index (χ0v) is 14.6. The molecule has 1 fully saturated rings. The van der Waals surface area contributed by atoms with Crippen LogP contribution < -0.4 is 5.32 Å². The molecular formula is C17H27N5O. The number of hydrogen-bond acceptors (Lipinski definition) is 5.